The molecule has 0 spiro atoms. The van der Waals surface area contributed by atoms with Gasteiger partial charge in [0.1, 0.15) is 5.75 Å². The number of rotatable bonds is 7. The van der Waals surface area contributed by atoms with Crippen molar-refractivity contribution in [2.45, 2.75) is 19.3 Å². The molecule has 144 valence electrons. The molecule has 0 unspecified atom stereocenters. The van der Waals surface area contributed by atoms with Crippen LogP contribution in [0.5, 0.6) is 17.2 Å². The average Bonchev–Trinajstić information content (AvgIpc) is 2.66. The number of amides is 1. The summed E-state index contributed by atoms with van der Waals surface area (Å²) in [4.78, 5) is 24.0. The van der Waals surface area contributed by atoms with E-state index in [-0.39, 0.29) is 5.56 Å². The molecule has 7 heteroatoms. The second kappa shape index (κ2) is 7.99. The lowest BCUT2D eigenvalue weighted by atomic mass is 9.85. The Labute approximate surface area is 157 Å². The quantitative estimate of drug-likeness (QED) is 0.773. The third kappa shape index (κ3) is 4.13. The second-order valence-corrected chi connectivity index (χ2v) is 6.37. The lowest BCUT2D eigenvalue weighted by molar-refractivity contribution is -0.142. The zero-order valence-electron chi connectivity index (χ0n) is 16.0. The van der Waals surface area contributed by atoms with Crippen molar-refractivity contribution in [1.29, 1.82) is 0 Å². The molecule has 0 aliphatic carbocycles. The van der Waals surface area contributed by atoms with E-state index in [1.165, 1.54) is 27.4 Å². The number of anilines is 1. The van der Waals surface area contributed by atoms with Crippen molar-refractivity contribution in [3.05, 3.63) is 47.5 Å². The Morgan fingerprint density at radius 1 is 0.889 bits per heavy atom. The Bertz CT molecular complexity index is 842. The molecule has 0 aromatic heterocycles. The largest absolute Gasteiger partial charge is 0.496 e. The number of nitrogens with one attached hydrogen (secondary N) is 1. The highest BCUT2D eigenvalue weighted by Crippen LogP contribution is 2.35. The molecular weight excluding hydrogens is 350 g/mol. The van der Waals surface area contributed by atoms with Crippen LogP contribution in [-0.2, 0) is 10.2 Å². The van der Waals surface area contributed by atoms with E-state index in [4.69, 9.17) is 14.2 Å². The number of carbonyl (C=O) groups is 2. The van der Waals surface area contributed by atoms with E-state index in [1.54, 1.807) is 44.2 Å². The van der Waals surface area contributed by atoms with E-state index in [2.05, 4.69) is 5.32 Å². The molecule has 0 aliphatic heterocycles. The van der Waals surface area contributed by atoms with Crippen molar-refractivity contribution < 1.29 is 28.9 Å². The molecule has 2 N–H and O–H groups in total. The summed E-state index contributed by atoms with van der Waals surface area (Å²) in [6.45, 7) is 3.24. The van der Waals surface area contributed by atoms with Gasteiger partial charge in [0.15, 0.2) is 11.5 Å². The molecule has 0 bridgehead atoms. The van der Waals surface area contributed by atoms with Gasteiger partial charge in [-0.2, -0.15) is 0 Å². The van der Waals surface area contributed by atoms with Gasteiger partial charge in [-0.3, -0.25) is 9.59 Å². The minimum absolute atomic E-state index is 0.282. The third-order valence-corrected chi connectivity index (χ3v) is 4.35. The van der Waals surface area contributed by atoms with Crippen LogP contribution in [0.1, 0.15) is 29.8 Å². The van der Waals surface area contributed by atoms with E-state index in [9.17, 15) is 14.7 Å². The maximum atomic E-state index is 12.7. The summed E-state index contributed by atoms with van der Waals surface area (Å²) < 4.78 is 15.7. The second-order valence-electron chi connectivity index (χ2n) is 6.37. The summed E-state index contributed by atoms with van der Waals surface area (Å²) in [6.07, 6.45) is 0. The van der Waals surface area contributed by atoms with E-state index < -0.39 is 17.3 Å². The summed E-state index contributed by atoms with van der Waals surface area (Å²) in [6, 6.07) is 9.78. The zero-order chi connectivity index (χ0) is 20.2. The van der Waals surface area contributed by atoms with Gasteiger partial charge in [-0.05, 0) is 31.5 Å². The van der Waals surface area contributed by atoms with Gasteiger partial charge >= 0.3 is 5.97 Å². The highest BCUT2D eigenvalue weighted by atomic mass is 16.5. The van der Waals surface area contributed by atoms with Gasteiger partial charge in [-0.1, -0.05) is 12.1 Å². The smallest absolute Gasteiger partial charge is 0.313 e. The monoisotopic (exact) mass is 373 g/mol. The van der Waals surface area contributed by atoms with E-state index in [1.807, 2.05) is 0 Å². The van der Waals surface area contributed by atoms with Crippen LogP contribution in [0.4, 0.5) is 5.69 Å². The summed E-state index contributed by atoms with van der Waals surface area (Å²) in [5.74, 6) is -0.116. The predicted octanol–water partition coefficient (Wildman–Crippen LogP) is 3.33. The number of ether oxygens (including phenoxy) is 3. The number of hydrogen-bond acceptors (Lipinski definition) is 5. The molecule has 2 aromatic rings. The molecular formula is C20H23NO6. The number of methoxy groups -OCH3 is 3. The van der Waals surface area contributed by atoms with E-state index >= 15 is 0 Å². The van der Waals surface area contributed by atoms with Crippen molar-refractivity contribution in [2.75, 3.05) is 26.6 Å². The molecule has 0 aliphatic rings. The lowest BCUT2D eigenvalue weighted by Crippen LogP contribution is -2.28. The van der Waals surface area contributed by atoms with Crippen molar-refractivity contribution in [1.82, 2.24) is 0 Å². The molecule has 27 heavy (non-hydrogen) atoms. The Morgan fingerprint density at radius 3 is 1.89 bits per heavy atom. The Kier molecular flexibility index (Phi) is 5.95. The number of carboxylic acid groups (broad SMARTS) is 1. The number of carboxylic acids is 1. The van der Waals surface area contributed by atoms with Gasteiger partial charge in [0.2, 0.25) is 0 Å². The molecule has 7 nitrogen and oxygen atoms in total. The molecule has 2 aromatic carbocycles. The molecule has 0 atom stereocenters. The van der Waals surface area contributed by atoms with Crippen LogP contribution in [0, 0.1) is 0 Å². The van der Waals surface area contributed by atoms with Gasteiger partial charge in [0, 0.05) is 17.8 Å². The molecule has 1 amide bonds. The summed E-state index contributed by atoms with van der Waals surface area (Å²) in [7, 11) is 4.44. The van der Waals surface area contributed by atoms with Crippen LogP contribution >= 0.6 is 0 Å². The summed E-state index contributed by atoms with van der Waals surface area (Å²) in [5.41, 5.74) is 0.429. The number of aliphatic carboxylic acids is 1. The Morgan fingerprint density at radius 2 is 1.41 bits per heavy atom. The first-order valence-corrected chi connectivity index (χ1v) is 8.20. The molecule has 0 saturated heterocycles. The van der Waals surface area contributed by atoms with Crippen LogP contribution in [0.3, 0.4) is 0 Å². The number of benzene rings is 2. The fraction of sp³-hybridized carbons (Fsp3) is 0.300. The maximum absolute atomic E-state index is 12.7. The van der Waals surface area contributed by atoms with Crippen molar-refractivity contribution in [3.63, 3.8) is 0 Å². The van der Waals surface area contributed by atoms with Gasteiger partial charge in [-0.15, -0.1) is 0 Å². The standard InChI is InChI=1S/C20H23NO6/c1-20(2,19(23)24)12-6-8-13(9-7-12)21-18(22)14-10-16(26-4)17(27-5)11-15(14)25-3/h6-11H,1-5H3,(H,21,22)(H,23,24). The van der Waals surface area contributed by atoms with Crippen LogP contribution in [0.25, 0.3) is 0 Å². The molecule has 0 radical (unpaired) electrons. The minimum Gasteiger partial charge on any atom is -0.496 e. The zero-order valence-corrected chi connectivity index (χ0v) is 16.0. The van der Waals surface area contributed by atoms with Gasteiger partial charge in [0.05, 0.1) is 32.3 Å². The third-order valence-electron chi connectivity index (χ3n) is 4.35. The van der Waals surface area contributed by atoms with Gasteiger partial charge in [-0.25, -0.2) is 0 Å². The SMILES string of the molecule is COc1cc(OC)c(C(=O)Nc2ccc(C(C)(C)C(=O)O)cc2)cc1OC. The van der Waals surface area contributed by atoms with Crippen molar-refractivity contribution >= 4 is 17.6 Å². The average molecular weight is 373 g/mol. The number of carbonyl (C=O) groups excluding carboxylic acids is 1. The fourth-order valence-electron chi connectivity index (χ4n) is 2.50. The Hall–Kier alpha value is -3.22. The minimum atomic E-state index is -1.02. The summed E-state index contributed by atoms with van der Waals surface area (Å²) in [5, 5.41) is 12.1. The lowest BCUT2D eigenvalue weighted by Gasteiger charge is -2.20. The first-order valence-electron chi connectivity index (χ1n) is 8.20. The normalized spacial score (nSPS) is 10.9. The van der Waals surface area contributed by atoms with Gasteiger partial charge in [0.25, 0.3) is 5.91 Å². The van der Waals surface area contributed by atoms with Gasteiger partial charge < -0.3 is 24.6 Å². The van der Waals surface area contributed by atoms with Crippen LogP contribution < -0.4 is 19.5 Å². The molecule has 0 saturated carbocycles. The first-order chi connectivity index (χ1) is 12.7. The molecule has 0 fully saturated rings. The van der Waals surface area contributed by atoms with E-state index in [0.29, 0.717) is 28.5 Å². The molecule has 2 rings (SSSR count). The Balaban J connectivity index is 2.28. The van der Waals surface area contributed by atoms with Crippen LogP contribution in [0.2, 0.25) is 0 Å². The predicted molar refractivity (Wildman–Crippen MR) is 101 cm³/mol. The number of hydrogen-bond donors (Lipinski definition) is 2. The van der Waals surface area contributed by atoms with Crippen LogP contribution in [-0.4, -0.2) is 38.3 Å². The van der Waals surface area contributed by atoms with Crippen LogP contribution in [0.15, 0.2) is 36.4 Å². The first kappa shape index (κ1) is 20.1. The van der Waals surface area contributed by atoms with E-state index in [0.717, 1.165) is 0 Å². The fourth-order valence-corrected chi connectivity index (χ4v) is 2.50. The highest BCUT2D eigenvalue weighted by Gasteiger charge is 2.29. The summed E-state index contributed by atoms with van der Waals surface area (Å²) >= 11 is 0. The topological polar surface area (TPSA) is 94.1 Å². The maximum Gasteiger partial charge on any atom is 0.313 e. The van der Waals surface area contributed by atoms with Crippen molar-refractivity contribution in [2.24, 2.45) is 0 Å². The van der Waals surface area contributed by atoms with Crippen molar-refractivity contribution in [3.8, 4) is 17.2 Å². The molecule has 0 heterocycles. The highest BCUT2D eigenvalue weighted by molar-refractivity contribution is 6.06.